The molecule has 0 radical (unpaired) electrons. The van der Waals surface area contributed by atoms with Crippen LogP contribution < -0.4 is 5.73 Å². The Kier molecular flexibility index (Phi) is 11.1. The van der Waals surface area contributed by atoms with Gasteiger partial charge in [-0.3, -0.25) is 14.4 Å². The molecule has 0 aliphatic rings. The van der Waals surface area contributed by atoms with Gasteiger partial charge in [-0.25, -0.2) is 0 Å². The Labute approximate surface area is 157 Å². The zero-order valence-electron chi connectivity index (χ0n) is 17.3. The van der Waals surface area contributed by atoms with Gasteiger partial charge in [-0.1, -0.05) is 20.8 Å². The van der Waals surface area contributed by atoms with Crippen LogP contribution in [0.4, 0.5) is 0 Å². The fraction of sp³-hybridized carbons (Fsp3) is 0.833. The molecule has 0 aromatic rings. The first-order valence-electron chi connectivity index (χ1n) is 9.08. The number of carbonyl (C=O) groups excluding carboxylic acids is 3. The first-order valence-corrected chi connectivity index (χ1v) is 9.08. The number of likely N-dealkylation sites (N-methyl/N-ethyl adjacent to an activating group) is 3. The summed E-state index contributed by atoms with van der Waals surface area (Å²) in [4.78, 5) is 41.8. The highest BCUT2D eigenvalue weighted by Crippen LogP contribution is 2.13. The maximum atomic E-state index is 13.0. The van der Waals surface area contributed by atoms with Gasteiger partial charge in [0, 0.05) is 27.1 Å². The number of hydrogen-bond acceptors (Lipinski definition) is 5. The highest BCUT2D eigenvalue weighted by atomic mass is 16.5. The summed E-state index contributed by atoms with van der Waals surface area (Å²) in [6, 6.07) is -1.52. The summed E-state index contributed by atoms with van der Waals surface area (Å²) >= 11 is 0. The molecule has 0 fully saturated rings. The average molecular weight is 373 g/mol. The maximum Gasteiger partial charge on any atom is 0.248 e. The topological polar surface area (TPSA) is 96.2 Å². The van der Waals surface area contributed by atoms with Crippen LogP contribution in [0, 0.1) is 5.92 Å². The van der Waals surface area contributed by atoms with Crippen LogP contribution >= 0.6 is 0 Å². The molecule has 3 amide bonds. The van der Waals surface area contributed by atoms with Gasteiger partial charge in [0.15, 0.2) is 0 Å². The molecule has 2 N–H and O–H groups in total. The minimum absolute atomic E-state index is 0.0759. The molecule has 2 atom stereocenters. The van der Waals surface area contributed by atoms with Gasteiger partial charge in [-0.05, 0) is 26.4 Å². The standard InChI is InChI=1S/C18H36N4O4/c1-8-9-15(23)21(6)14(12-26-11-10-20(4)5)18(25)22(7)16(13(2)3)17(19)24/h13-14,16H,8-12H2,1-7H3,(H2,19,24)/t14-,16+/m1/s1. The molecule has 0 saturated heterocycles. The summed E-state index contributed by atoms with van der Waals surface area (Å²) in [6.45, 7) is 6.79. The van der Waals surface area contributed by atoms with E-state index in [4.69, 9.17) is 10.5 Å². The van der Waals surface area contributed by atoms with Crippen molar-refractivity contribution >= 4 is 17.7 Å². The second-order valence-corrected chi connectivity index (χ2v) is 7.19. The Hall–Kier alpha value is -1.67. The number of amides is 3. The quantitative estimate of drug-likeness (QED) is 0.492. The zero-order valence-corrected chi connectivity index (χ0v) is 17.3. The van der Waals surface area contributed by atoms with Crippen LogP contribution in [0.1, 0.15) is 33.6 Å². The number of hydrogen-bond donors (Lipinski definition) is 1. The molecule has 0 aliphatic carbocycles. The van der Waals surface area contributed by atoms with Crippen LogP contribution in [0.5, 0.6) is 0 Å². The van der Waals surface area contributed by atoms with Gasteiger partial charge in [0.25, 0.3) is 0 Å². The van der Waals surface area contributed by atoms with Gasteiger partial charge < -0.3 is 25.2 Å². The maximum absolute atomic E-state index is 13.0. The van der Waals surface area contributed by atoms with Crippen molar-refractivity contribution in [1.29, 1.82) is 0 Å². The van der Waals surface area contributed by atoms with Crippen LogP contribution in [-0.4, -0.2) is 92.5 Å². The van der Waals surface area contributed by atoms with Crippen molar-refractivity contribution in [1.82, 2.24) is 14.7 Å². The van der Waals surface area contributed by atoms with E-state index in [-0.39, 0.29) is 24.3 Å². The summed E-state index contributed by atoms with van der Waals surface area (Å²) in [5.41, 5.74) is 5.46. The number of primary amides is 1. The Morgan fingerprint density at radius 2 is 1.62 bits per heavy atom. The fourth-order valence-corrected chi connectivity index (χ4v) is 2.69. The van der Waals surface area contributed by atoms with E-state index in [1.54, 1.807) is 14.1 Å². The summed E-state index contributed by atoms with van der Waals surface area (Å²) in [6.07, 6.45) is 1.04. The van der Waals surface area contributed by atoms with Crippen molar-refractivity contribution in [2.75, 3.05) is 47.9 Å². The van der Waals surface area contributed by atoms with Crippen molar-refractivity contribution in [2.45, 2.75) is 45.7 Å². The minimum atomic E-state index is -0.790. The van der Waals surface area contributed by atoms with Crippen LogP contribution in [0.25, 0.3) is 0 Å². The molecule has 0 heterocycles. The molecule has 0 aromatic heterocycles. The summed E-state index contributed by atoms with van der Waals surface area (Å²) in [5, 5.41) is 0. The van der Waals surface area contributed by atoms with Crippen molar-refractivity contribution in [3.8, 4) is 0 Å². The Morgan fingerprint density at radius 1 is 1.04 bits per heavy atom. The van der Waals surface area contributed by atoms with Gasteiger partial charge in [0.1, 0.15) is 12.1 Å². The van der Waals surface area contributed by atoms with E-state index in [1.807, 2.05) is 39.8 Å². The predicted octanol–water partition coefficient (Wildman–Crippen LogP) is 0.160. The van der Waals surface area contributed by atoms with E-state index in [2.05, 4.69) is 0 Å². The minimum Gasteiger partial charge on any atom is -0.377 e. The third-order valence-electron chi connectivity index (χ3n) is 4.26. The molecule has 8 nitrogen and oxygen atoms in total. The Bertz CT molecular complexity index is 468. The fourth-order valence-electron chi connectivity index (χ4n) is 2.69. The first kappa shape index (κ1) is 24.3. The molecule has 0 aliphatic heterocycles. The smallest absolute Gasteiger partial charge is 0.248 e. The van der Waals surface area contributed by atoms with E-state index >= 15 is 0 Å². The molecule has 26 heavy (non-hydrogen) atoms. The third kappa shape index (κ3) is 7.70. The zero-order chi connectivity index (χ0) is 20.4. The largest absolute Gasteiger partial charge is 0.377 e. The second kappa shape index (κ2) is 11.9. The van der Waals surface area contributed by atoms with Gasteiger partial charge >= 0.3 is 0 Å². The number of rotatable bonds is 12. The highest BCUT2D eigenvalue weighted by Gasteiger charge is 2.35. The van der Waals surface area contributed by atoms with E-state index in [0.29, 0.717) is 26.0 Å². The molecule has 0 bridgehead atoms. The third-order valence-corrected chi connectivity index (χ3v) is 4.26. The molecule has 0 rings (SSSR count). The van der Waals surface area contributed by atoms with E-state index in [1.165, 1.54) is 9.80 Å². The van der Waals surface area contributed by atoms with Gasteiger partial charge in [-0.2, -0.15) is 0 Å². The summed E-state index contributed by atoms with van der Waals surface area (Å²) in [7, 11) is 6.99. The van der Waals surface area contributed by atoms with Crippen molar-refractivity contribution in [2.24, 2.45) is 11.7 Å². The molecule has 8 heteroatoms. The van der Waals surface area contributed by atoms with Gasteiger partial charge in [0.2, 0.25) is 17.7 Å². The average Bonchev–Trinajstić information content (AvgIpc) is 2.52. The van der Waals surface area contributed by atoms with Crippen LogP contribution in [0.2, 0.25) is 0 Å². The SMILES string of the molecule is CCCC(=O)N(C)[C@H](COCCN(C)C)C(=O)N(C)[C@H](C(N)=O)C(C)C. The Morgan fingerprint density at radius 3 is 2.04 bits per heavy atom. The van der Waals surface area contributed by atoms with Crippen molar-refractivity contribution in [3.63, 3.8) is 0 Å². The first-order chi connectivity index (χ1) is 12.0. The number of nitrogens with zero attached hydrogens (tertiary/aromatic N) is 3. The van der Waals surface area contributed by atoms with Crippen molar-refractivity contribution < 1.29 is 19.1 Å². The van der Waals surface area contributed by atoms with Crippen LogP contribution in [0.3, 0.4) is 0 Å². The van der Waals surface area contributed by atoms with E-state index in [9.17, 15) is 14.4 Å². The molecular formula is C18H36N4O4. The molecule has 152 valence electrons. The molecule has 0 unspecified atom stereocenters. The summed E-state index contributed by atoms with van der Waals surface area (Å²) in [5.74, 6) is -1.17. The van der Waals surface area contributed by atoms with Gasteiger partial charge in [0.05, 0.1) is 13.2 Å². The van der Waals surface area contributed by atoms with Crippen molar-refractivity contribution in [3.05, 3.63) is 0 Å². The van der Waals surface area contributed by atoms with Gasteiger partial charge in [-0.15, -0.1) is 0 Å². The molecular weight excluding hydrogens is 336 g/mol. The van der Waals surface area contributed by atoms with E-state index < -0.39 is 18.0 Å². The molecule has 0 spiro atoms. The second-order valence-electron chi connectivity index (χ2n) is 7.19. The van der Waals surface area contributed by atoms with E-state index in [0.717, 1.165) is 0 Å². The number of ether oxygens (including phenoxy) is 1. The molecule has 0 aromatic carbocycles. The summed E-state index contributed by atoms with van der Waals surface area (Å²) < 4.78 is 5.63. The lowest BCUT2D eigenvalue weighted by Crippen LogP contribution is -2.56. The predicted molar refractivity (Wildman–Crippen MR) is 101 cm³/mol. The molecule has 0 saturated carbocycles. The number of carbonyl (C=O) groups is 3. The van der Waals surface area contributed by atoms with Crippen LogP contribution in [0.15, 0.2) is 0 Å². The number of nitrogens with two attached hydrogens (primary N) is 1. The lowest BCUT2D eigenvalue weighted by Gasteiger charge is -2.35. The lowest BCUT2D eigenvalue weighted by molar-refractivity contribution is -0.150. The van der Waals surface area contributed by atoms with Crippen LogP contribution in [-0.2, 0) is 19.1 Å². The Balaban J connectivity index is 5.30. The monoisotopic (exact) mass is 372 g/mol. The normalized spacial score (nSPS) is 13.6. The highest BCUT2D eigenvalue weighted by molar-refractivity contribution is 5.91. The lowest BCUT2D eigenvalue weighted by atomic mass is 10.0.